The van der Waals surface area contributed by atoms with E-state index in [0.29, 0.717) is 0 Å². The lowest BCUT2D eigenvalue weighted by molar-refractivity contribution is 0.673. The quantitative estimate of drug-likeness (QED) is 0.659. The van der Waals surface area contributed by atoms with Crippen molar-refractivity contribution in [3.8, 4) is 11.4 Å². The van der Waals surface area contributed by atoms with Crippen LogP contribution in [0.3, 0.4) is 0 Å². The lowest BCUT2D eigenvalue weighted by atomic mass is 10.2. The van der Waals surface area contributed by atoms with Crippen molar-refractivity contribution in [3.63, 3.8) is 0 Å². The Labute approximate surface area is 72.2 Å². The maximum Gasteiger partial charge on any atom is 0.139 e. The summed E-state index contributed by atoms with van der Waals surface area (Å²) in [5.41, 5.74) is 1.23. The predicted molar refractivity (Wildman–Crippen MR) is 49.1 cm³/mol. The molecule has 0 aliphatic carbocycles. The van der Waals surface area contributed by atoms with E-state index in [1.807, 2.05) is 12.3 Å². The second-order valence-corrected chi connectivity index (χ2v) is 2.93. The summed E-state index contributed by atoms with van der Waals surface area (Å²) in [6, 6.07) is 6.20. The molecular weight excluding hydrogens is 148 g/mol. The Morgan fingerprint density at radius 3 is 3.17 bits per heavy atom. The summed E-state index contributed by atoms with van der Waals surface area (Å²) in [5, 5.41) is 0. The van der Waals surface area contributed by atoms with Gasteiger partial charge < -0.3 is 4.57 Å². The highest BCUT2D eigenvalue weighted by Crippen LogP contribution is 2.18. The van der Waals surface area contributed by atoms with Gasteiger partial charge in [-0.2, -0.15) is 0 Å². The molecule has 0 spiro atoms. The number of hydrogen-bond acceptors (Lipinski definition) is 1. The van der Waals surface area contributed by atoms with Gasteiger partial charge in [-0.25, -0.2) is 4.98 Å². The summed E-state index contributed by atoms with van der Waals surface area (Å²) in [6.45, 7) is 3.23. The Balaban J connectivity index is 2.48. The molecule has 0 unspecified atom stereocenters. The Morgan fingerprint density at radius 2 is 2.33 bits per heavy atom. The number of nitrogens with zero attached hydrogens (tertiary/aromatic N) is 2. The van der Waals surface area contributed by atoms with E-state index in [-0.39, 0.29) is 0 Å². The average molecular weight is 160 g/mol. The third kappa shape index (κ3) is 1.09. The van der Waals surface area contributed by atoms with E-state index in [2.05, 4.69) is 34.8 Å². The zero-order valence-corrected chi connectivity index (χ0v) is 7.20. The molecule has 0 saturated carbocycles. The van der Waals surface area contributed by atoms with Gasteiger partial charge >= 0.3 is 0 Å². The number of fused-ring (bicyclic) bond motifs is 1. The molecule has 2 rings (SSSR count). The van der Waals surface area contributed by atoms with Crippen molar-refractivity contribution in [1.29, 1.82) is 0 Å². The SMILES string of the molecule is CCCn1cccc2ccnc1-2. The standard InChI is InChI=1S/C10H12N2/c1-2-7-12-8-3-4-9-5-6-11-10(9)12/h3-6,8H,2,7H2,1H3. The third-order valence-corrected chi connectivity index (χ3v) is 1.99. The van der Waals surface area contributed by atoms with Crippen molar-refractivity contribution in [2.24, 2.45) is 0 Å². The second-order valence-electron chi connectivity index (χ2n) is 2.93. The van der Waals surface area contributed by atoms with Gasteiger partial charge in [-0.15, -0.1) is 0 Å². The van der Waals surface area contributed by atoms with Crippen LogP contribution in [0, 0.1) is 0 Å². The molecule has 2 heteroatoms. The van der Waals surface area contributed by atoms with Gasteiger partial charge in [0, 0.05) is 24.5 Å². The maximum absolute atomic E-state index is 4.30. The molecule has 0 atom stereocenters. The van der Waals surface area contributed by atoms with Crippen molar-refractivity contribution in [3.05, 3.63) is 30.6 Å². The fourth-order valence-electron chi connectivity index (χ4n) is 1.45. The van der Waals surface area contributed by atoms with Gasteiger partial charge in [-0.05, 0) is 24.6 Å². The monoisotopic (exact) mass is 160 g/mol. The maximum atomic E-state index is 4.30. The highest BCUT2D eigenvalue weighted by Gasteiger charge is 2.05. The number of aromatic nitrogens is 2. The first kappa shape index (κ1) is 7.35. The van der Waals surface area contributed by atoms with Crippen molar-refractivity contribution < 1.29 is 0 Å². The fourth-order valence-corrected chi connectivity index (χ4v) is 1.45. The molecule has 2 aliphatic rings. The molecule has 2 aliphatic heterocycles. The van der Waals surface area contributed by atoms with Crippen LogP contribution in [0.1, 0.15) is 13.3 Å². The fraction of sp³-hybridized carbons (Fsp3) is 0.300. The molecule has 2 nitrogen and oxygen atoms in total. The molecule has 62 valence electrons. The Bertz CT molecular complexity index is 338. The number of rotatable bonds is 2. The summed E-state index contributed by atoms with van der Waals surface area (Å²) < 4.78 is 2.19. The normalized spacial score (nSPS) is 10.8. The lowest BCUT2D eigenvalue weighted by Crippen LogP contribution is -2.01. The van der Waals surface area contributed by atoms with Gasteiger partial charge in [-0.1, -0.05) is 6.92 Å². The van der Waals surface area contributed by atoms with E-state index in [0.717, 1.165) is 18.8 Å². The van der Waals surface area contributed by atoms with E-state index in [1.165, 1.54) is 5.56 Å². The summed E-state index contributed by atoms with van der Waals surface area (Å²) >= 11 is 0. The van der Waals surface area contributed by atoms with Crippen LogP contribution in [0.2, 0.25) is 0 Å². The van der Waals surface area contributed by atoms with Crippen LogP contribution < -0.4 is 0 Å². The zero-order chi connectivity index (χ0) is 8.39. The van der Waals surface area contributed by atoms with Gasteiger partial charge in [0.05, 0.1) is 0 Å². The minimum absolute atomic E-state index is 1.05. The van der Waals surface area contributed by atoms with Crippen LogP contribution in [0.4, 0.5) is 0 Å². The highest BCUT2D eigenvalue weighted by molar-refractivity contribution is 5.56. The first-order chi connectivity index (χ1) is 5.92. The lowest BCUT2D eigenvalue weighted by Gasteiger charge is -2.08. The third-order valence-electron chi connectivity index (χ3n) is 1.99. The van der Waals surface area contributed by atoms with Gasteiger partial charge in [0.15, 0.2) is 0 Å². The topological polar surface area (TPSA) is 17.8 Å². The Hall–Kier alpha value is -1.31. The summed E-state index contributed by atoms with van der Waals surface area (Å²) in [4.78, 5) is 4.30. The van der Waals surface area contributed by atoms with Crippen LogP contribution in [-0.2, 0) is 6.54 Å². The van der Waals surface area contributed by atoms with Crippen LogP contribution in [0.15, 0.2) is 30.6 Å². The van der Waals surface area contributed by atoms with Crippen molar-refractivity contribution in [2.45, 2.75) is 19.9 Å². The highest BCUT2D eigenvalue weighted by atomic mass is 15.0. The van der Waals surface area contributed by atoms with Crippen molar-refractivity contribution in [1.82, 2.24) is 9.55 Å². The molecule has 2 heterocycles. The molecule has 0 bridgehead atoms. The van der Waals surface area contributed by atoms with Gasteiger partial charge in [0.1, 0.15) is 5.82 Å². The van der Waals surface area contributed by atoms with Crippen LogP contribution in [0.25, 0.3) is 11.4 Å². The largest absolute Gasteiger partial charge is 0.333 e. The van der Waals surface area contributed by atoms with Crippen molar-refractivity contribution >= 4 is 0 Å². The first-order valence-electron chi connectivity index (χ1n) is 4.31. The molecule has 12 heavy (non-hydrogen) atoms. The molecule has 0 aromatic heterocycles. The average Bonchev–Trinajstić information content (AvgIpc) is 2.53. The first-order valence-corrected chi connectivity index (χ1v) is 4.31. The molecule has 0 saturated heterocycles. The van der Waals surface area contributed by atoms with Crippen molar-refractivity contribution in [2.75, 3.05) is 0 Å². The van der Waals surface area contributed by atoms with Gasteiger partial charge in [0.25, 0.3) is 0 Å². The summed E-state index contributed by atoms with van der Waals surface area (Å²) in [7, 11) is 0. The van der Waals surface area contributed by atoms with Crippen LogP contribution in [0.5, 0.6) is 0 Å². The molecule has 0 aromatic rings. The van der Waals surface area contributed by atoms with Gasteiger partial charge in [0.2, 0.25) is 0 Å². The number of aryl methyl sites for hydroxylation is 1. The molecular formula is C10H12N2. The molecule has 0 N–H and O–H groups in total. The predicted octanol–water partition coefficient (Wildman–Crippen LogP) is 2.40. The minimum Gasteiger partial charge on any atom is -0.333 e. The zero-order valence-electron chi connectivity index (χ0n) is 7.20. The number of pyridine rings is 1. The van der Waals surface area contributed by atoms with Gasteiger partial charge in [-0.3, -0.25) is 0 Å². The molecule has 0 aromatic carbocycles. The number of hydrogen-bond donors (Lipinski definition) is 0. The smallest absolute Gasteiger partial charge is 0.139 e. The Kier molecular flexibility index (Phi) is 1.82. The molecule has 0 fully saturated rings. The second kappa shape index (κ2) is 2.97. The minimum atomic E-state index is 1.05. The summed E-state index contributed by atoms with van der Waals surface area (Å²) in [6.07, 6.45) is 5.09. The molecule has 0 radical (unpaired) electrons. The summed E-state index contributed by atoms with van der Waals surface area (Å²) in [5.74, 6) is 1.10. The van der Waals surface area contributed by atoms with E-state index < -0.39 is 0 Å². The van der Waals surface area contributed by atoms with E-state index >= 15 is 0 Å². The van der Waals surface area contributed by atoms with E-state index in [4.69, 9.17) is 0 Å². The molecule has 0 amide bonds. The van der Waals surface area contributed by atoms with E-state index in [9.17, 15) is 0 Å². The van der Waals surface area contributed by atoms with Crippen LogP contribution in [-0.4, -0.2) is 9.55 Å². The van der Waals surface area contributed by atoms with E-state index in [1.54, 1.807) is 0 Å². The Morgan fingerprint density at radius 1 is 1.42 bits per heavy atom. The van der Waals surface area contributed by atoms with Crippen LogP contribution >= 0.6 is 0 Å².